The second kappa shape index (κ2) is 6.13. The van der Waals surface area contributed by atoms with Gasteiger partial charge in [0.1, 0.15) is 0 Å². The van der Waals surface area contributed by atoms with Crippen molar-refractivity contribution in [2.45, 2.75) is 25.0 Å². The Hall–Kier alpha value is -0.430. The van der Waals surface area contributed by atoms with Gasteiger partial charge in [0.15, 0.2) is 6.10 Å². The summed E-state index contributed by atoms with van der Waals surface area (Å²) in [6, 6.07) is 3.89. The van der Waals surface area contributed by atoms with Crippen molar-refractivity contribution in [1.29, 1.82) is 0 Å². The summed E-state index contributed by atoms with van der Waals surface area (Å²) in [5.74, 6) is 0.354. The standard InChI is InChI=1S/C14H20N2O2S.BrH/c1-16-6-4-10(5-7-16)11(9-16)15-14(18)13(17)12-3-2-8-19-12;/h2-3,8,10-11,13,17H,4-7,9H2,1H3;1H. The number of hydrogen-bond donors (Lipinski definition) is 2. The lowest BCUT2D eigenvalue weighted by molar-refractivity contribution is -0.925. The molecular formula is C14H21BrN2O2S. The molecular weight excluding hydrogens is 340 g/mol. The Balaban J connectivity index is 0.00000147. The van der Waals surface area contributed by atoms with Gasteiger partial charge in [-0.05, 0) is 17.4 Å². The van der Waals surface area contributed by atoms with Gasteiger partial charge in [-0.1, -0.05) is 6.07 Å². The number of nitrogens with zero attached hydrogens (tertiary/aromatic N) is 1. The number of carbonyl (C=O) groups excluding carboxylic acids is 1. The average Bonchev–Trinajstić information content (AvgIpc) is 2.91. The molecule has 1 aromatic rings. The van der Waals surface area contributed by atoms with Crippen molar-refractivity contribution >= 4 is 17.2 Å². The first kappa shape index (κ1) is 15.9. The van der Waals surface area contributed by atoms with Crippen LogP contribution in [-0.4, -0.2) is 48.2 Å². The third kappa shape index (κ3) is 3.08. The fourth-order valence-electron chi connectivity index (χ4n) is 3.42. The summed E-state index contributed by atoms with van der Waals surface area (Å²) in [5, 5.41) is 15.0. The van der Waals surface area contributed by atoms with Crippen LogP contribution in [0.1, 0.15) is 23.8 Å². The fraction of sp³-hybridized carbons (Fsp3) is 0.643. The average molecular weight is 361 g/mol. The molecule has 2 bridgehead atoms. The Morgan fingerprint density at radius 2 is 2.20 bits per heavy atom. The number of rotatable bonds is 3. The largest absolute Gasteiger partial charge is 1.00 e. The molecule has 3 saturated heterocycles. The molecule has 3 aliphatic rings. The van der Waals surface area contributed by atoms with Gasteiger partial charge in [0.2, 0.25) is 0 Å². The maximum absolute atomic E-state index is 12.1. The number of amides is 1. The van der Waals surface area contributed by atoms with Crippen molar-refractivity contribution in [3.63, 3.8) is 0 Å². The van der Waals surface area contributed by atoms with Crippen LogP contribution in [0.15, 0.2) is 17.5 Å². The van der Waals surface area contributed by atoms with Crippen molar-refractivity contribution in [1.82, 2.24) is 5.32 Å². The molecule has 6 heteroatoms. The molecule has 0 aliphatic carbocycles. The Bertz CT molecular complexity index is 458. The van der Waals surface area contributed by atoms with Crippen LogP contribution >= 0.6 is 11.3 Å². The summed E-state index contributed by atoms with van der Waals surface area (Å²) in [5.41, 5.74) is 0. The Labute approximate surface area is 134 Å². The molecule has 2 atom stereocenters. The predicted molar refractivity (Wildman–Crippen MR) is 74.7 cm³/mol. The first-order valence-electron chi connectivity index (χ1n) is 6.93. The van der Waals surface area contributed by atoms with Gasteiger partial charge in [-0.15, -0.1) is 11.3 Å². The molecule has 20 heavy (non-hydrogen) atoms. The third-order valence-corrected chi connectivity index (χ3v) is 5.60. The summed E-state index contributed by atoms with van der Waals surface area (Å²) in [7, 11) is 2.27. The number of nitrogens with one attached hydrogen (secondary N) is 1. The molecule has 3 fully saturated rings. The van der Waals surface area contributed by atoms with Gasteiger partial charge < -0.3 is 31.9 Å². The smallest absolute Gasteiger partial charge is 0.254 e. The molecule has 2 unspecified atom stereocenters. The van der Waals surface area contributed by atoms with Gasteiger partial charge in [0, 0.05) is 17.7 Å². The van der Waals surface area contributed by atoms with Crippen LogP contribution in [0.4, 0.5) is 0 Å². The number of likely N-dealkylation sites (N-methyl/N-ethyl adjacent to an activating group) is 1. The minimum absolute atomic E-state index is 0. The zero-order valence-corrected chi connectivity index (χ0v) is 14.0. The van der Waals surface area contributed by atoms with Crippen LogP contribution in [0.5, 0.6) is 0 Å². The van der Waals surface area contributed by atoms with Crippen molar-refractivity contribution in [3.8, 4) is 0 Å². The van der Waals surface area contributed by atoms with Crippen LogP contribution in [0.25, 0.3) is 0 Å². The molecule has 4 nitrogen and oxygen atoms in total. The van der Waals surface area contributed by atoms with E-state index in [0.29, 0.717) is 5.92 Å². The van der Waals surface area contributed by atoms with E-state index >= 15 is 0 Å². The highest BCUT2D eigenvalue weighted by Crippen LogP contribution is 2.32. The molecule has 4 heterocycles. The van der Waals surface area contributed by atoms with Crippen LogP contribution in [0.2, 0.25) is 0 Å². The Kier molecular flexibility index (Phi) is 4.89. The fourth-order valence-corrected chi connectivity index (χ4v) is 4.13. The zero-order valence-electron chi connectivity index (χ0n) is 11.6. The molecule has 2 N–H and O–H groups in total. The zero-order chi connectivity index (χ0) is 13.5. The van der Waals surface area contributed by atoms with Crippen LogP contribution in [-0.2, 0) is 4.79 Å². The van der Waals surface area contributed by atoms with Crippen molar-refractivity contribution in [2.24, 2.45) is 5.92 Å². The van der Waals surface area contributed by atoms with E-state index < -0.39 is 6.10 Å². The number of thiophene rings is 1. The van der Waals surface area contributed by atoms with E-state index in [-0.39, 0.29) is 28.9 Å². The highest BCUT2D eigenvalue weighted by molar-refractivity contribution is 7.10. The number of hydrogen-bond acceptors (Lipinski definition) is 3. The van der Waals surface area contributed by atoms with Crippen molar-refractivity contribution < 1.29 is 31.4 Å². The monoisotopic (exact) mass is 360 g/mol. The van der Waals surface area contributed by atoms with Gasteiger partial charge >= 0.3 is 0 Å². The number of aliphatic hydroxyl groups excluding tert-OH is 1. The highest BCUT2D eigenvalue weighted by Gasteiger charge is 2.44. The van der Waals surface area contributed by atoms with Crippen LogP contribution in [0.3, 0.4) is 0 Å². The molecule has 112 valence electrons. The van der Waals surface area contributed by atoms with Crippen molar-refractivity contribution in [3.05, 3.63) is 22.4 Å². The number of halogens is 1. The van der Waals surface area contributed by atoms with Crippen LogP contribution < -0.4 is 22.3 Å². The van der Waals surface area contributed by atoms with E-state index in [1.54, 1.807) is 6.07 Å². The third-order valence-electron chi connectivity index (χ3n) is 4.67. The maximum Gasteiger partial charge on any atom is 0.254 e. The normalized spacial score (nSPS) is 33.3. The number of quaternary nitrogens is 1. The van der Waals surface area contributed by atoms with Crippen LogP contribution in [0, 0.1) is 5.92 Å². The first-order chi connectivity index (χ1) is 9.07. The van der Waals surface area contributed by atoms with E-state index in [1.165, 1.54) is 37.3 Å². The quantitative estimate of drug-likeness (QED) is 0.621. The lowest BCUT2D eigenvalue weighted by Crippen LogP contribution is -3.00. The SMILES string of the molecule is C[N+]12CCC(CC1)C(NC(=O)C(O)c1cccs1)C2.[Br-]. The summed E-state index contributed by atoms with van der Waals surface area (Å²) in [6.45, 7) is 3.46. The minimum Gasteiger partial charge on any atom is -1.00 e. The van der Waals surface area contributed by atoms with Gasteiger partial charge in [0.05, 0.1) is 32.7 Å². The van der Waals surface area contributed by atoms with E-state index in [1.807, 2.05) is 11.4 Å². The maximum atomic E-state index is 12.1. The molecule has 0 aromatic carbocycles. The van der Waals surface area contributed by atoms with E-state index in [9.17, 15) is 9.90 Å². The minimum atomic E-state index is -1.01. The van der Waals surface area contributed by atoms with Gasteiger partial charge in [-0.25, -0.2) is 0 Å². The second-order valence-corrected chi connectivity index (χ2v) is 7.10. The molecule has 3 aliphatic heterocycles. The van der Waals surface area contributed by atoms with Gasteiger partial charge in [0.25, 0.3) is 5.91 Å². The van der Waals surface area contributed by atoms with Gasteiger partial charge in [-0.3, -0.25) is 4.79 Å². The van der Waals surface area contributed by atoms with Gasteiger partial charge in [-0.2, -0.15) is 0 Å². The van der Waals surface area contributed by atoms with Crippen molar-refractivity contribution in [2.75, 3.05) is 26.7 Å². The number of fused-ring (bicyclic) bond motifs is 3. The predicted octanol–water partition coefficient (Wildman–Crippen LogP) is -1.86. The first-order valence-corrected chi connectivity index (χ1v) is 7.81. The Morgan fingerprint density at radius 3 is 2.75 bits per heavy atom. The summed E-state index contributed by atoms with van der Waals surface area (Å²) in [6.07, 6.45) is 1.37. The summed E-state index contributed by atoms with van der Waals surface area (Å²) >= 11 is 1.42. The molecule has 0 saturated carbocycles. The molecule has 0 spiro atoms. The molecule has 0 radical (unpaired) electrons. The lowest BCUT2D eigenvalue weighted by Gasteiger charge is -2.50. The topological polar surface area (TPSA) is 49.3 Å². The molecule has 4 rings (SSSR count). The number of piperidine rings is 3. The van der Waals surface area contributed by atoms with E-state index in [2.05, 4.69) is 12.4 Å². The number of carbonyl (C=O) groups is 1. The van der Waals surface area contributed by atoms with E-state index in [4.69, 9.17) is 0 Å². The molecule has 1 amide bonds. The second-order valence-electron chi connectivity index (χ2n) is 6.12. The highest BCUT2D eigenvalue weighted by atomic mass is 79.9. The summed E-state index contributed by atoms with van der Waals surface area (Å²) < 4.78 is 1.07. The molecule has 1 aromatic heterocycles. The Morgan fingerprint density at radius 1 is 1.50 bits per heavy atom. The van der Waals surface area contributed by atoms with E-state index in [0.717, 1.165) is 15.9 Å². The number of aliphatic hydroxyl groups is 1. The lowest BCUT2D eigenvalue weighted by atomic mass is 9.82. The summed E-state index contributed by atoms with van der Waals surface area (Å²) in [4.78, 5) is 12.9.